The molecule has 0 aliphatic rings. The quantitative estimate of drug-likeness (QED) is 0.472. The maximum Gasteiger partial charge on any atom is 0.0342 e. The van der Waals surface area contributed by atoms with Gasteiger partial charge in [0.2, 0.25) is 0 Å². The van der Waals surface area contributed by atoms with Crippen molar-refractivity contribution in [2.45, 2.75) is 0 Å². The molecule has 0 aliphatic heterocycles. The Morgan fingerprint density at radius 1 is 1.00 bits per heavy atom. The minimum absolute atomic E-state index is 1.07. The molecule has 0 nitrogen and oxygen atoms in total. The van der Waals surface area contributed by atoms with Crippen LogP contribution in [0.3, 0.4) is 0 Å². The van der Waals surface area contributed by atoms with Crippen LogP contribution in [0.5, 0.6) is 0 Å². The first kappa shape index (κ1) is 8.88. The second-order valence-corrected chi connectivity index (χ2v) is 3.96. The molecule has 0 saturated carbocycles. The van der Waals surface area contributed by atoms with E-state index in [0.717, 1.165) is 11.5 Å². The van der Waals surface area contributed by atoms with Crippen LogP contribution in [0.4, 0.5) is 0 Å². The highest BCUT2D eigenvalue weighted by molar-refractivity contribution is 8.23. The van der Waals surface area contributed by atoms with Crippen LogP contribution in [-0.4, -0.2) is 20.9 Å². The lowest BCUT2D eigenvalue weighted by Gasteiger charge is -1.87. The van der Waals surface area contributed by atoms with Crippen molar-refractivity contribution in [3.05, 3.63) is 0 Å². The Morgan fingerprint density at radius 3 is 1.62 bits per heavy atom. The van der Waals surface area contributed by atoms with Crippen LogP contribution in [0.15, 0.2) is 0 Å². The predicted molar refractivity (Wildman–Crippen MR) is 52.2 cm³/mol. The highest BCUT2D eigenvalue weighted by atomic mass is 32.2. The standard InChI is InChI=1S/C4H6S4/c5-3-7-1-2-8-4-6/h3-4H,1-2H2. The first-order chi connectivity index (χ1) is 3.91. The summed E-state index contributed by atoms with van der Waals surface area (Å²) in [6.45, 7) is 0. The minimum Gasteiger partial charge on any atom is -0.122 e. The Morgan fingerprint density at radius 2 is 1.38 bits per heavy atom. The summed E-state index contributed by atoms with van der Waals surface area (Å²) in [6, 6.07) is 0. The molecule has 46 valence electrons. The third-order valence-corrected chi connectivity index (χ3v) is 2.68. The Balaban J connectivity index is 2.71. The zero-order valence-electron chi connectivity index (χ0n) is 4.20. The van der Waals surface area contributed by atoms with Crippen molar-refractivity contribution in [2.75, 3.05) is 11.5 Å². The number of rotatable bonds is 5. The van der Waals surface area contributed by atoms with Crippen LogP contribution in [-0.2, 0) is 0 Å². The van der Waals surface area contributed by atoms with Crippen molar-refractivity contribution in [3.8, 4) is 0 Å². The fourth-order valence-corrected chi connectivity index (χ4v) is 1.73. The van der Waals surface area contributed by atoms with Crippen molar-refractivity contribution in [2.24, 2.45) is 0 Å². The molecule has 8 heavy (non-hydrogen) atoms. The summed E-state index contributed by atoms with van der Waals surface area (Å²) < 4.78 is 3.37. The van der Waals surface area contributed by atoms with E-state index in [-0.39, 0.29) is 0 Å². The maximum absolute atomic E-state index is 4.59. The molecule has 0 rings (SSSR count). The van der Waals surface area contributed by atoms with E-state index in [9.17, 15) is 0 Å². The molecule has 0 radical (unpaired) electrons. The van der Waals surface area contributed by atoms with Gasteiger partial charge in [0.25, 0.3) is 0 Å². The molecular formula is C4H6S4. The van der Waals surface area contributed by atoms with Crippen molar-refractivity contribution < 1.29 is 0 Å². The molecule has 0 atom stereocenters. The molecule has 0 amide bonds. The predicted octanol–water partition coefficient (Wildman–Crippen LogP) is 2.37. The Labute approximate surface area is 68.8 Å². The number of thioether (sulfide) groups is 2. The van der Waals surface area contributed by atoms with Gasteiger partial charge in [-0.3, -0.25) is 0 Å². The molecule has 0 aliphatic carbocycles. The largest absolute Gasteiger partial charge is 0.122 e. The first-order valence-corrected chi connectivity index (χ1v) is 5.06. The molecule has 0 N–H and O–H groups in total. The van der Waals surface area contributed by atoms with Crippen LogP contribution in [0.2, 0.25) is 0 Å². The lowest BCUT2D eigenvalue weighted by Crippen LogP contribution is -1.80. The Hall–Kier alpha value is 0.880. The van der Waals surface area contributed by atoms with Gasteiger partial charge < -0.3 is 0 Å². The van der Waals surface area contributed by atoms with Crippen LogP contribution >= 0.6 is 48.0 Å². The van der Waals surface area contributed by atoms with E-state index in [1.165, 1.54) is 0 Å². The van der Waals surface area contributed by atoms with E-state index in [1.807, 2.05) is 0 Å². The molecule has 0 aromatic rings. The first-order valence-electron chi connectivity index (χ1n) is 2.02. The van der Waals surface area contributed by atoms with Gasteiger partial charge in [-0.05, 0) is 0 Å². The van der Waals surface area contributed by atoms with Crippen molar-refractivity contribution in [1.29, 1.82) is 0 Å². The molecule has 0 unspecified atom stereocenters. The summed E-state index contributed by atoms with van der Waals surface area (Å²) in [5.41, 5.74) is 0. The second kappa shape index (κ2) is 7.88. The highest BCUT2D eigenvalue weighted by Crippen LogP contribution is 2.01. The van der Waals surface area contributed by atoms with Gasteiger partial charge in [0, 0.05) is 20.9 Å². The van der Waals surface area contributed by atoms with Gasteiger partial charge in [-0.2, -0.15) is 0 Å². The van der Waals surface area contributed by atoms with Crippen molar-refractivity contribution >= 4 is 57.4 Å². The normalized spacial score (nSPS) is 8.50. The molecule has 0 saturated heterocycles. The van der Waals surface area contributed by atoms with Gasteiger partial charge in [-0.25, -0.2) is 0 Å². The van der Waals surface area contributed by atoms with Gasteiger partial charge in [0.15, 0.2) is 0 Å². The van der Waals surface area contributed by atoms with Crippen molar-refractivity contribution in [3.63, 3.8) is 0 Å². The van der Waals surface area contributed by atoms with Gasteiger partial charge >= 0.3 is 0 Å². The lowest BCUT2D eigenvalue weighted by atomic mass is 11.0. The second-order valence-electron chi connectivity index (χ2n) is 0.934. The monoisotopic (exact) mass is 182 g/mol. The zero-order chi connectivity index (χ0) is 6.24. The summed E-state index contributed by atoms with van der Waals surface area (Å²) in [6.07, 6.45) is 0. The van der Waals surface area contributed by atoms with E-state index in [4.69, 9.17) is 0 Å². The molecule has 0 bridgehead atoms. The van der Waals surface area contributed by atoms with Crippen LogP contribution in [0.1, 0.15) is 0 Å². The minimum atomic E-state index is 1.07. The van der Waals surface area contributed by atoms with Crippen molar-refractivity contribution in [1.82, 2.24) is 0 Å². The van der Waals surface area contributed by atoms with Crippen LogP contribution in [0, 0.1) is 0 Å². The van der Waals surface area contributed by atoms with Gasteiger partial charge in [-0.15, -0.1) is 23.5 Å². The van der Waals surface area contributed by atoms with E-state index in [0.29, 0.717) is 0 Å². The van der Waals surface area contributed by atoms with Gasteiger partial charge in [0.1, 0.15) is 0 Å². The summed E-state index contributed by atoms with van der Waals surface area (Å²) >= 11 is 12.5. The summed E-state index contributed by atoms with van der Waals surface area (Å²) in [5.74, 6) is 2.14. The smallest absolute Gasteiger partial charge is 0.0342 e. The molecule has 0 heterocycles. The number of thiocarbonyl (C=S) groups is 2. The molecule has 0 aromatic carbocycles. The lowest BCUT2D eigenvalue weighted by molar-refractivity contribution is 1.58. The molecule has 0 spiro atoms. The zero-order valence-corrected chi connectivity index (χ0v) is 7.47. The van der Waals surface area contributed by atoms with Crippen LogP contribution in [0.25, 0.3) is 0 Å². The summed E-state index contributed by atoms with van der Waals surface area (Å²) in [7, 11) is 0. The van der Waals surface area contributed by atoms with E-state index >= 15 is 0 Å². The number of hydrogen-bond acceptors (Lipinski definition) is 4. The third-order valence-electron chi connectivity index (χ3n) is 0.455. The highest BCUT2D eigenvalue weighted by Gasteiger charge is 1.81. The third kappa shape index (κ3) is 6.88. The van der Waals surface area contributed by atoms with E-state index in [2.05, 4.69) is 24.4 Å². The molecule has 0 aromatic heterocycles. The van der Waals surface area contributed by atoms with Gasteiger partial charge in [0.05, 0.1) is 0 Å². The summed E-state index contributed by atoms with van der Waals surface area (Å²) in [4.78, 5) is 0. The Kier molecular flexibility index (Phi) is 8.75. The van der Waals surface area contributed by atoms with Crippen LogP contribution < -0.4 is 0 Å². The maximum atomic E-state index is 4.59. The topological polar surface area (TPSA) is 0 Å². The summed E-state index contributed by atoms with van der Waals surface area (Å²) in [5, 5.41) is 0. The van der Waals surface area contributed by atoms with E-state index < -0.39 is 0 Å². The van der Waals surface area contributed by atoms with E-state index in [1.54, 1.807) is 32.9 Å². The average Bonchev–Trinajstić information content (AvgIpc) is 1.81. The molecular weight excluding hydrogens is 176 g/mol. The SMILES string of the molecule is S=CSCCSC=S. The fraction of sp³-hybridized carbons (Fsp3) is 0.500. The number of hydrogen-bond donors (Lipinski definition) is 0. The Bertz CT molecular complexity index is 60.4. The van der Waals surface area contributed by atoms with Gasteiger partial charge in [-0.1, -0.05) is 24.4 Å². The average molecular weight is 182 g/mol. The fourth-order valence-electron chi connectivity index (χ4n) is 0.192. The molecule has 0 fully saturated rings. The molecule has 4 heteroatoms.